The molecule has 2 aliphatic rings. The summed E-state index contributed by atoms with van der Waals surface area (Å²) < 4.78 is 0. The van der Waals surface area contributed by atoms with Crippen LogP contribution < -0.4 is 0 Å². The molecule has 3 atom stereocenters. The third kappa shape index (κ3) is 2.46. The fraction of sp³-hybridized carbons (Fsp3) is 1.00. The van der Waals surface area contributed by atoms with Gasteiger partial charge in [0.1, 0.15) is 0 Å². The highest BCUT2D eigenvalue weighted by molar-refractivity contribution is 8.00. The monoisotopic (exact) mass is 224 g/mol. The van der Waals surface area contributed by atoms with Gasteiger partial charge in [0.2, 0.25) is 0 Å². The lowest BCUT2D eigenvalue weighted by Crippen LogP contribution is -2.27. The first kappa shape index (κ1) is 9.48. The van der Waals surface area contributed by atoms with Gasteiger partial charge in [-0.3, -0.25) is 0 Å². The Morgan fingerprint density at radius 2 is 1.50 bits per heavy atom. The largest absolute Gasteiger partial charge is 0.155 e. The standard InChI is InChI=1S/C9H14Cl2S/c10-8-4-3-7(5-9(8)11)12-6-1-2-6/h6-9H,1-5H2. The maximum Gasteiger partial charge on any atom is 0.0510 e. The van der Waals surface area contributed by atoms with Crippen molar-refractivity contribution in [2.45, 2.75) is 53.4 Å². The molecule has 2 saturated carbocycles. The van der Waals surface area contributed by atoms with Gasteiger partial charge in [0.25, 0.3) is 0 Å². The highest BCUT2D eigenvalue weighted by Crippen LogP contribution is 2.43. The maximum atomic E-state index is 6.12. The first-order valence-corrected chi connectivity index (χ1v) is 6.51. The van der Waals surface area contributed by atoms with Crippen LogP contribution in [0, 0.1) is 0 Å². The molecule has 2 rings (SSSR count). The maximum absolute atomic E-state index is 6.12. The van der Waals surface area contributed by atoms with Crippen LogP contribution in [-0.4, -0.2) is 21.3 Å². The van der Waals surface area contributed by atoms with E-state index < -0.39 is 0 Å². The minimum Gasteiger partial charge on any atom is -0.155 e. The van der Waals surface area contributed by atoms with Gasteiger partial charge in [-0.05, 0) is 32.1 Å². The number of thioether (sulfide) groups is 1. The zero-order valence-corrected chi connectivity index (χ0v) is 9.34. The second-order valence-corrected chi connectivity index (χ2v) is 6.53. The van der Waals surface area contributed by atoms with Gasteiger partial charge in [0.15, 0.2) is 0 Å². The summed E-state index contributed by atoms with van der Waals surface area (Å²) in [4.78, 5) is 0. The minimum absolute atomic E-state index is 0.219. The van der Waals surface area contributed by atoms with Crippen molar-refractivity contribution in [3.05, 3.63) is 0 Å². The normalized spacial score (nSPS) is 43.0. The molecular formula is C9H14Cl2S. The molecule has 0 bridgehead atoms. The van der Waals surface area contributed by atoms with Crippen molar-refractivity contribution in [2.24, 2.45) is 0 Å². The summed E-state index contributed by atoms with van der Waals surface area (Å²) >= 11 is 14.3. The van der Waals surface area contributed by atoms with Crippen molar-refractivity contribution in [1.82, 2.24) is 0 Å². The predicted molar refractivity (Wildman–Crippen MR) is 57.5 cm³/mol. The van der Waals surface area contributed by atoms with Crippen LogP contribution in [0.1, 0.15) is 32.1 Å². The summed E-state index contributed by atoms with van der Waals surface area (Å²) in [5.74, 6) is 0. The van der Waals surface area contributed by atoms with Gasteiger partial charge in [0.05, 0.1) is 10.8 Å². The Bertz CT molecular complexity index is 159. The molecule has 0 N–H and O–H groups in total. The van der Waals surface area contributed by atoms with Crippen molar-refractivity contribution in [3.8, 4) is 0 Å². The van der Waals surface area contributed by atoms with Crippen LogP contribution in [0.3, 0.4) is 0 Å². The van der Waals surface area contributed by atoms with E-state index in [-0.39, 0.29) is 10.8 Å². The summed E-state index contributed by atoms with van der Waals surface area (Å²) in [6, 6.07) is 0. The third-order valence-electron chi connectivity index (χ3n) is 2.55. The molecule has 70 valence electrons. The summed E-state index contributed by atoms with van der Waals surface area (Å²) in [6.07, 6.45) is 6.37. The lowest BCUT2D eigenvalue weighted by atomic mass is 9.99. The Balaban J connectivity index is 1.76. The lowest BCUT2D eigenvalue weighted by molar-refractivity contribution is 0.529. The van der Waals surface area contributed by atoms with E-state index in [1.165, 1.54) is 19.3 Å². The van der Waals surface area contributed by atoms with Gasteiger partial charge in [-0.25, -0.2) is 0 Å². The quantitative estimate of drug-likeness (QED) is 0.646. The smallest absolute Gasteiger partial charge is 0.0510 e. The zero-order valence-electron chi connectivity index (χ0n) is 7.01. The molecule has 12 heavy (non-hydrogen) atoms. The average molecular weight is 225 g/mol. The fourth-order valence-electron chi connectivity index (χ4n) is 1.64. The van der Waals surface area contributed by atoms with E-state index in [4.69, 9.17) is 23.2 Å². The van der Waals surface area contributed by atoms with Crippen LogP contribution >= 0.6 is 35.0 Å². The number of rotatable bonds is 2. The molecule has 0 spiro atoms. The third-order valence-corrected chi connectivity index (χ3v) is 5.36. The van der Waals surface area contributed by atoms with E-state index in [0.717, 1.165) is 23.3 Å². The second-order valence-electron chi connectivity index (χ2n) is 3.80. The van der Waals surface area contributed by atoms with Gasteiger partial charge in [-0.1, -0.05) is 0 Å². The average Bonchev–Trinajstić information content (AvgIpc) is 2.81. The molecule has 3 heteroatoms. The van der Waals surface area contributed by atoms with Crippen molar-refractivity contribution in [1.29, 1.82) is 0 Å². The summed E-state index contributed by atoms with van der Waals surface area (Å²) in [7, 11) is 0. The number of alkyl halides is 2. The molecule has 0 aromatic carbocycles. The second kappa shape index (κ2) is 3.98. The molecule has 0 heterocycles. The Hall–Kier alpha value is 0.930. The number of hydrogen-bond donors (Lipinski definition) is 0. The molecule has 0 aromatic heterocycles. The topological polar surface area (TPSA) is 0 Å². The Kier molecular flexibility index (Phi) is 3.14. The fourth-order valence-corrected chi connectivity index (χ4v) is 3.86. The number of hydrogen-bond acceptors (Lipinski definition) is 1. The van der Waals surface area contributed by atoms with E-state index in [1.54, 1.807) is 0 Å². The lowest BCUT2D eigenvalue weighted by Gasteiger charge is -2.28. The number of halogens is 2. The van der Waals surface area contributed by atoms with Crippen molar-refractivity contribution < 1.29 is 0 Å². The molecule has 2 aliphatic carbocycles. The molecule has 0 nitrogen and oxygen atoms in total. The molecule has 0 amide bonds. The van der Waals surface area contributed by atoms with Crippen molar-refractivity contribution >= 4 is 35.0 Å². The minimum atomic E-state index is 0.219. The predicted octanol–water partition coefficient (Wildman–Crippen LogP) is 3.65. The van der Waals surface area contributed by atoms with Crippen LogP contribution in [0.4, 0.5) is 0 Å². The van der Waals surface area contributed by atoms with Crippen LogP contribution in [0.15, 0.2) is 0 Å². The Labute approximate surface area is 88.4 Å². The molecule has 3 unspecified atom stereocenters. The first-order chi connectivity index (χ1) is 5.75. The van der Waals surface area contributed by atoms with Crippen LogP contribution in [0.2, 0.25) is 0 Å². The SMILES string of the molecule is ClC1CCC(SC2CC2)CC1Cl. The van der Waals surface area contributed by atoms with Crippen LogP contribution in [-0.2, 0) is 0 Å². The van der Waals surface area contributed by atoms with Crippen molar-refractivity contribution in [2.75, 3.05) is 0 Å². The van der Waals surface area contributed by atoms with Crippen LogP contribution in [0.5, 0.6) is 0 Å². The van der Waals surface area contributed by atoms with Gasteiger partial charge < -0.3 is 0 Å². The molecule has 2 fully saturated rings. The first-order valence-electron chi connectivity index (χ1n) is 4.69. The molecular weight excluding hydrogens is 211 g/mol. The summed E-state index contributed by atoms with van der Waals surface area (Å²) in [5, 5.41) is 2.21. The van der Waals surface area contributed by atoms with Gasteiger partial charge >= 0.3 is 0 Å². The van der Waals surface area contributed by atoms with E-state index in [2.05, 4.69) is 11.8 Å². The van der Waals surface area contributed by atoms with E-state index in [9.17, 15) is 0 Å². The molecule has 0 radical (unpaired) electrons. The zero-order chi connectivity index (χ0) is 8.55. The van der Waals surface area contributed by atoms with Crippen molar-refractivity contribution in [3.63, 3.8) is 0 Å². The highest BCUT2D eigenvalue weighted by Gasteiger charge is 2.32. The van der Waals surface area contributed by atoms with Gasteiger partial charge in [-0.15, -0.1) is 23.2 Å². The highest BCUT2D eigenvalue weighted by atomic mass is 35.5. The van der Waals surface area contributed by atoms with E-state index in [1.807, 2.05) is 0 Å². The van der Waals surface area contributed by atoms with E-state index in [0.29, 0.717) is 0 Å². The summed E-state index contributed by atoms with van der Waals surface area (Å²) in [6.45, 7) is 0. The van der Waals surface area contributed by atoms with Gasteiger partial charge in [0, 0.05) is 10.5 Å². The van der Waals surface area contributed by atoms with E-state index >= 15 is 0 Å². The molecule has 0 aliphatic heterocycles. The molecule has 0 aromatic rings. The Morgan fingerprint density at radius 3 is 2.08 bits per heavy atom. The van der Waals surface area contributed by atoms with Gasteiger partial charge in [-0.2, -0.15) is 11.8 Å². The Morgan fingerprint density at radius 1 is 0.833 bits per heavy atom. The van der Waals surface area contributed by atoms with Crippen LogP contribution in [0.25, 0.3) is 0 Å². The summed E-state index contributed by atoms with van der Waals surface area (Å²) in [5.41, 5.74) is 0. The molecule has 0 saturated heterocycles.